The second-order valence-electron chi connectivity index (χ2n) is 8.87. The molecule has 0 unspecified atom stereocenters. The molecule has 11 heteroatoms. The molecule has 4 aromatic rings. The summed E-state index contributed by atoms with van der Waals surface area (Å²) in [5, 5.41) is 4.21. The van der Waals surface area contributed by atoms with E-state index in [9.17, 15) is 13.2 Å². The number of nitrogens with zero attached hydrogens (tertiary/aromatic N) is 2. The third-order valence-electron chi connectivity index (χ3n) is 6.15. The van der Waals surface area contributed by atoms with Gasteiger partial charge in [-0.05, 0) is 74.1 Å². The number of sulfonamides is 1. The highest BCUT2D eigenvalue weighted by atomic mass is 35.5. The molecule has 2 N–H and O–H groups in total. The molecular formula is C26H25ClN4O4S2. The summed E-state index contributed by atoms with van der Waals surface area (Å²) >= 11 is 7.41. The van der Waals surface area contributed by atoms with Crippen LogP contribution in [0.3, 0.4) is 0 Å². The van der Waals surface area contributed by atoms with Crippen LogP contribution in [0.15, 0.2) is 53.4 Å². The van der Waals surface area contributed by atoms with Crippen molar-refractivity contribution in [3.63, 3.8) is 0 Å². The third-order valence-corrected chi connectivity index (χ3v) is 8.93. The number of rotatable bonds is 7. The molecule has 0 aliphatic heterocycles. The van der Waals surface area contributed by atoms with Crippen molar-refractivity contribution in [3.05, 3.63) is 69.6 Å². The molecule has 2 heterocycles. The van der Waals surface area contributed by atoms with Crippen molar-refractivity contribution in [3.8, 4) is 0 Å². The molecule has 0 saturated carbocycles. The molecular weight excluding hydrogens is 532 g/mol. The minimum absolute atomic E-state index is 0.0169. The van der Waals surface area contributed by atoms with Gasteiger partial charge in [0.05, 0.1) is 28.1 Å². The lowest BCUT2D eigenvalue weighted by Crippen LogP contribution is -2.16. The Morgan fingerprint density at radius 2 is 1.78 bits per heavy atom. The van der Waals surface area contributed by atoms with Gasteiger partial charge in [0, 0.05) is 9.90 Å². The summed E-state index contributed by atoms with van der Waals surface area (Å²) in [7, 11) is -4.00. The lowest BCUT2D eigenvalue weighted by molar-refractivity contribution is 0.0526. The summed E-state index contributed by atoms with van der Waals surface area (Å²) in [6, 6.07) is 13.0. The van der Waals surface area contributed by atoms with Gasteiger partial charge in [0.2, 0.25) is 0 Å². The van der Waals surface area contributed by atoms with Crippen molar-refractivity contribution >= 4 is 66.6 Å². The van der Waals surface area contributed by atoms with E-state index < -0.39 is 16.0 Å². The third kappa shape index (κ3) is 5.27. The van der Waals surface area contributed by atoms with Gasteiger partial charge in [-0.2, -0.15) is 0 Å². The summed E-state index contributed by atoms with van der Waals surface area (Å²) in [4.78, 5) is 23.4. The van der Waals surface area contributed by atoms with E-state index in [4.69, 9.17) is 16.3 Å². The zero-order valence-corrected chi connectivity index (χ0v) is 22.6. The smallest absolute Gasteiger partial charge is 0.341 e. The molecule has 2 aromatic heterocycles. The van der Waals surface area contributed by atoms with Crippen LogP contribution in [0.25, 0.3) is 11.0 Å². The Hall–Kier alpha value is -3.21. The average molecular weight is 557 g/mol. The van der Waals surface area contributed by atoms with E-state index in [1.54, 1.807) is 25.1 Å². The molecule has 0 radical (unpaired) electrons. The first kappa shape index (κ1) is 25.4. The number of anilines is 3. The van der Waals surface area contributed by atoms with Gasteiger partial charge in [-0.25, -0.2) is 23.2 Å². The number of para-hydroxylation sites is 2. The number of carbonyl (C=O) groups excluding carboxylic acids is 1. The highest BCUT2D eigenvalue weighted by Crippen LogP contribution is 2.42. The Morgan fingerprint density at radius 3 is 2.46 bits per heavy atom. The van der Waals surface area contributed by atoms with Crippen LogP contribution in [0, 0.1) is 5.92 Å². The number of fused-ring (bicyclic) bond motifs is 2. The second kappa shape index (κ2) is 10.3. The summed E-state index contributed by atoms with van der Waals surface area (Å²) < 4.78 is 34.3. The summed E-state index contributed by atoms with van der Waals surface area (Å²) in [6.45, 7) is 4.21. The molecule has 5 rings (SSSR count). The van der Waals surface area contributed by atoms with Crippen molar-refractivity contribution in [1.29, 1.82) is 0 Å². The van der Waals surface area contributed by atoms with Gasteiger partial charge in [-0.15, -0.1) is 11.3 Å². The van der Waals surface area contributed by atoms with E-state index in [0.717, 1.165) is 29.7 Å². The molecule has 0 bridgehead atoms. The van der Waals surface area contributed by atoms with Crippen LogP contribution in [-0.2, 0) is 27.6 Å². The van der Waals surface area contributed by atoms with Crippen LogP contribution in [0.2, 0.25) is 5.02 Å². The van der Waals surface area contributed by atoms with Crippen LogP contribution in [-0.4, -0.2) is 31.0 Å². The number of thiophene rings is 1. The van der Waals surface area contributed by atoms with E-state index >= 15 is 0 Å². The van der Waals surface area contributed by atoms with Crippen LogP contribution >= 0.6 is 22.9 Å². The molecule has 1 atom stereocenters. The van der Waals surface area contributed by atoms with Gasteiger partial charge in [0.1, 0.15) is 5.00 Å². The Labute approximate surface area is 224 Å². The van der Waals surface area contributed by atoms with Gasteiger partial charge in [-0.3, -0.25) is 4.72 Å². The van der Waals surface area contributed by atoms with E-state index in [2.05, 4.69) is 26.9 Å². The zero-order chi connectivity index (χ0) is 26.2. The summed E-state index contributed by atoms with van der Waals surface area (Å²) in [6.07, 6.45) is 2.63. The highest BCUT2D eigenvalue weighted by Gasteiger charge is 2.29. The molecule has 192 valence electrons. The second-order valence-corrected chi connectivity index (χ2v) is 12.1. The summed E-state index contributed by atoms with van der Waals surface area (Å²) in [5.74, 6) is 0.307. The molecule has 0 fully saturated rings. The number of ether oxygens (including phenoxy) is 1. The molecule has 0 spiro atoms. The maximum Gasteiger partial charge on any atom is 0.341 e. The van der Waals surface area contributed by atoms with Crippen molar-refractivity contribution in [2.75, 3.05) is 16.6 Å². The average Bonchev–Trinajstić information content (AvgIpc) is 3.21. The van der Waals surface area contributed by atoms with Gasteiger partial charge in [0.25, 0.3) is 10.0 Å². The fourth-order valence-corrected chi connectivity index (χ4v) is 6.86. The fourth-order valence-electron chi connectivity index (χ4n) is 4.32. The SMILES string of the molecule is CCOC(=O)c1c(Nc2nc3ccccc3nc2NS(=O)(=O)c2ccc(Cl)cc2)sc2c1CC[C@@H](C)C2. The number of nitrogens with one attached hydrogen (secondary N) is 2. The first-order chi connectivity index (χ1) is 17.7. The topological polar surface area (TPSA) is 110 Å². The first-order valence-electron chi connectivity index (χ1n) is 11.9. The van der Waals surface area contributed by atoms with Gasteiger partial charge >= 0.3 is 5.97 Å². The molecule has 37 heavy (non-hydrogen) atoms. The Morgan fingerprint density at radius 1 is 1.11 bits per heavy atom. The van der Waals surface area contributed by atoms with Crippen molar-refractivity contribution in [2.45, 2.75) is 38.0 Å². The van der Waals surface area contributed by atoms with E-state index in [-0.39, 0.29) is 23.1 Å². The standard InChI is InChI=1S/C26H25ClN4O4S2/c1-3-35-26(32)22-18-13-8-15(2)14-21(18)36-25(22)30-23-24(29-20-7-5-4-6-19(20)28-23)31-37(33,34)17-11-9-16(27)10-12-17/h4-7,9-12,15H,3,8,13-14H2,1-2H3,(H,28,30)(H,29,31)/t15-/m1/s1. The Kier molecular flexibility index (Phi) is 7.06. The predicted molar refractivity (Wildman–Crippen MR) is 147 cm³/mol. The predicted octanol–water partition coefficient (Wildman–Crippen LogP) is 6.19. The van der Waals surface area contributed by atoms with E-state index in [1.165, 1.54) is 35.6 Å². The van der Waals surface area contributed by atoms with Crippen LogP contribution in [0.5, 0.6) is 0 Å². The largest absolute Gasteiger partial charge is 0.462 e. The number of hydrogen-bond acceptors (Lipinski definition) is 8. The number of aromatic nitrogens is 2. The van der Waals surface area contributed by atoms with Gasteiger partial charge < -0.3 is 10.1 Å². The summed E-state index contributed by atoms with van der Waals surface area (Å²) in [5.41, 5.74) is 2.56. The van der Waals surface area contributed by atoms with Crippen LogP contribution in [0.4, 0.5) is 16.6 Å². The number of carbonyl (C=O) groups is 1. The van der Waals surface area contributed by atoms with Gasteiger partial charge in [0.15, 0.2) is 11.6 Å². The minimum Gasteiger partial charge on any atom is -0.462 e. The van der Waals surface area contributed by atoms with E-state index in [0.29, 0.717) is 32.5 Å². The minimum atomic E-state index is -4.00. The molecule has 2 aromatic carbocycles. The van der Waals surface area contributed by atoms with Crippen LogP contribution < -0.4 is 10.0 Å². The lowest BCUT2D eigenvalue weighted by Gasteiger charge is -2.18. The number of halogens is 1. The maximum atomic E-state index is 13.2. The first-order valence-corrected chi connectivity index (χ1v) is 14.6. The normalized spacial score (nSPS) is 15.3. The molecule has 0 amide bonds. The van der Waals surface area contributed by atoms with Crippen molar-refractivity contribution in [2.24, 2.45) is 5.92 Å². The van der Waals surface area contributed by atoms with Gasteiger partial charge in [-0.1, -0.05) is 30.7 Å². The number of esters is 1. The molecule has 1 aliphatic carbocycles. The fraction of sp³-hybridized carbons (Fsp3) is 0.269. The van der Waals surface area contributed by atoms with Crippen molar-refractivity contribution < 1.29 is 17.9 Å². The number of benzene rings is 2. The monoisotopic (exact) mass is 556 g/mol. The molecule has 8 nitrogen and oxygen atoms in total. The number of hydrogen-bond donors (Lipinski definition) is 2. The zero-order valence-electron chi connectivity index (χ0n) is 20.2. The Balaban J connectivity index is 1.60. The highest BCUT2D eigenvalue weighted by molar-refractivity contribution is 7.92. The Bertz CT molecular complexity index is 1590. The van der Waals surface area contributed by atoms with Crippen molar-refractivity contribution in [1.82, 2.24) is 9.97 Å². The quantitative estimate of drug-likeness (QED) is 0.261. The van der Waals surface area contributed by atoms with Crippen LogP contribution in [0.1, 0.15) is 41.1 Å². The van der Waals surface area contributed by atoms with E-state index in [1.807, 2.05) is 6.07 Å². The maximum absolute atomic E-state index is 13.2. The molecule has 0 saturated heterocycles. The molecule has 1 aliphatic rings. The lowest BCUT2D eigenvalue weighted by atomic mass is 9.88.